The van der Waals surface area contributed by atoms with Crippen molar-refractivity contribution < 1.29 is 0 Å². The lowest BCUT2D eigenvalue weighted by Gasteiger charge is -2.16. The van der Waals surface area contributed by atoms with E-state index in [0.29, 0.717) is 0 Å². The van der Waals surface area contributed by atoms with Crippen LogP contribution in [0.2, 0.25) is 0 Å². The second-order valence-electron chi connectivity index (χ2n) is 5.95. The molecule has 25 heavy (non-hydrogen) atoms. The lowest BCUT2D eigenvalue weighted by Crippen LogP contribution is -2.39. The van der Waals surface area contributed by atoms with Crippen molar-refractivity contribution in [2.24, 2.45) is 4.99 Å². The monoisotopic (exact) mass is 491 g/mol. The Morgan fingerprint density at radius 3 is 2.84 bits per heavy atom. The van der Waals surface area contributed by atoms with Gasteiger partial charge < -0.3 is 15.5 Å². The molecule has 5 nitrogen and oxygen atoms in total. The molecule has 0 spiro atoms. The molecule has 1 atom stereocenters. The smallest absolute Gasteiger partial charge is 0.191 e. The molecule has 0 aliphatic carbocycles. The molecular weight excluding hydrogens is 465 g/mol. The Kier molecular flexibility index (Phi) is 8.44. The molecule has 0 saturated carbocycles. The van der Waals surface area contributed by atoms with E-state index in [1.54, 1.807) is 22.7 Å². The molecular formula is C17H26IN5S2. The quantitative estimate of drug-likeness (QED) is 0.366. The average molecular weight is 491 g/mol. The van der Waals surface area contributed by atoms with E-state index in [2.05, 4.69) is 50.3 Å². The van der Waals surface area contributed by atoms with Gasteiger partial charge in [-0.25, -0.2) is 4.98 Å². The molecule has 2 aromatic heterocycles. The van der Waals surface area contributed by atoms with Crippen LogP contribution < -0.4 is 15.5 Å². The highest BCUT2D eigenvalue weighted by Gasteiger charge is 2.15. The van der Waals surface area contributed by atoms with Crippen LogP contribution in [0, 0.1) is 0 Å². The van der Waals surface area contributed by atoms with Gasteiger partial charge >= 0.3 is 0 Å². The Morgan fingerprint density at radius 1 is 1.36 bits per heavy atom. The van der Waals surface area contributed by atoms with Crippen LogP contribution in [0.1, 0.15) is 36.4 Å². The second-order valence-corrected chi connectivity index (χ2v) is 7.76. The van der Waals surface area contributed by atoms with Crippen molar-refractivity contribution in [1.29, 1.82) is 0 Å². The summed E-state index contributed by atoms with van der Waals surface area (Å²) in [5.74, 6) is 0.839. The fourth-order valence-corrected chi connectivity index (χ4v) is 4.43. The van der Waals surface area contributed by atoms with Crippen LogP contribution in [0.5, 0.6) is 0 Å². The van der Waals surface area contributed by atoms with Gasteiger partial charge in [-0.3, -0.25) is 4.99 Å². The molecule has 1 fully saturated rings. The molecule has 1 saturated heterocycles. The first kappa shape index (κ1) is 20.4. The minimum atomic E-state index is 0. The predicted molar refractivity (Wildman–Crippen MR) is 120 cm³/mol. The van der Waals surface area contributed by atoms with E-state index in [1.807, 2.05) is 7.05 Å². The van der Waals surface area contributed by atoms with E-state index in [0.717, 1.165) is 37.7 Å². The Balaban J connectivity index is 0.00000225. The normalized spacial score (nSPS) is 15.8. The first-order chi connectivity index (χ1) is 11.8. The number of thiazole rings is 1. The summed E-state index contributed by atoms with van der Waals surface area (Å²) in [6.07, 6.45) is 3.50. The van der Waals surface area contributed by atoms with E-state index in [9.17, 15) is 0 Å². The first-order valence-corrected chi connectivity index (χ1v) is 10.2. The highest BCUT2D eigenvalue weighted by molar-refractivity contribution is 14.0. The van der Waals surface area contributed by atoms with Gasteiger partial charge in [0.2, 0.25) is 0 Å². The molecule has 3 rings (SSSR count). The van der Waals surface area contributed by atoms with Crippen molar-refractivity contribution in [3.63, 3.8) is 0 Å². The number of aliphatic imine (C=N–C) groups is 1. The zero-order chi connectivity index (χ0) is 16.8. The summed E-state index contributed by atoms with van der Waals surface area (Å²) in [6.45, 7) is 5.30. The predicted octanol–water partition coefficient (Wildman–Crippen LogP) is 3.89. The van der Waals surface area contributed by atoms with E-state index in [1.165, 1.54) is 22.9 Å². The topological polar surface area (TPSA) is 52.6 Å². The van der Waals surface area contributed by atoms with Crippen LogP contribution in [-0.2, 0) is 6.42 Å². The maximum atomic E-state index is 4.76. The number of guanidine groups is 1. The third kappa shape index (κ3) is 5.82. The number of hydrogen-bond donors (Lipinski definition) is 2. The third-order valence-electron chi connectivity index (χ3n) is 4.14. The van der Waals surface area contributed by atoms with Gasteiger partial charge in [-0.2, -0.15) is 0 Å². The fraction of sp³-hybridized carbons (Fsp3) is 0.529. The molecule has 1 aliphatic heterocycles. The number of anilines is 1. The number of aromatic nitrogens is 1. The number of rotatable bonds is 6. The van der Waals surface area contributed by atoms with Crippen LogP contribution in [0.25, 0.3) is 0 Å². The largest absolute Gasteiger partial charge is 0.356 e. The molecule has 0 bridgehead atoms. The zero-order valence-corrected chi connectivity index (χ0v) is 18.7. The molecule has 1 aliphatic rings. The van der Waals surface area contributed by atoms with E-state index >= 15 is 0 Å². The second kappa shape index (κ2) is 10.3. The van der Waals surface area contributed by atoms with Crippen molar-refractivity contribution in [3.8, 4) is 0 Å². The molecule has 8 heteroatoms. The zero-order valence-electron chi connectivity index (χ0n) is 14.7. The molecule has 1 unspecified atom stereocenters. The number of thiophene rings is 1. The number of nitrogens with one attached hydrogen (secondary N) is 2. The van der Waals surface area contributed by atoms with Crippen LogP contribution in [0.15, 0.2) is 27.9 Å². The molecule has 138 valence electrons. The van der Waals surface area contributed by atoms with Crippen molar-refractivity contribution in [1.82, 2.24) is 15.6 Å². The summed E-state index contributed by atoms with van der Waals surface area (Å²) in [6, 6.07) is 4.48. The van der Waals surface area contributed by atoms with Gasteiger partial charge in [-0.15, -0.1) is 46.7 Å². The summed E-state index contributed by atoms with van der Waals surface area (Å²) < 4.78 is 0. The maximum Gasteiger partial charge on any atom is 0.191 e. The number of hydrogen-bond acceptors (Lipinski definition) is 5. The van der Waals surface area contributed by atoms with Gasteiger partial charge in [0.1, 0.15) is 0 Å². The minimum absolute atomic E-state index is 0. The summed E-state index contributed by atoms with van der Waals surface area (Å²) in [5.41, 5.74) is 1.16. The molecule has 0 aromatic carbocycles. The first-order valence-electron chi connectivity index (χ1n) is 8.46. The molecule has 2 aromatic rings. The highest BCUT2D eigenvalue weighted by Crippen LogP contribution is 2.24. The van der Waals surface area contributed by atoms with Gasteiger partial charge in [0.05, 0.1) is 11.7 Å². The Labute approximate surface area is 175 Å². The average Bonchev–Trinajstić information content (AvgIpc) is 3.34. The highest BCUT2D eigenvalue weighted by atomic mass is 127. The van der Waals surface area contributed by atoms with E-state index < -0.39 is 0 Å². The van der Waals surface area contributed by atoms with Crippen molar-refractivity contribution in [2.75, 3.05) is 31.6 Å². The summed E-state index contributed by atoms with van der Waals surface area (Å²) >= 11 is 3.52. The van der Waals surface area contributed by atoms with Crippen LogP contribution in [-0.4, -0.2) is 37.6 Å². The number of nitrogens with zero attached hydrogens (tertiary/aromatic N) is 3. The SMILES string of the molecule is CN=C(NCCc1csc(N2CCCC2)n1)NC(C)c1cccs1.I. The third-order valence-corrected chi connectivity index (χ3v) is 6.14. The van der Waals surface area contributed by atoms with E-state index in [4.69, 9.17) is 4.98 Å². The summed E-state index contributed by atoms with van der Waals surface area (Å²) in [5, 5.41) is 12.3. The van der Waals surface area contributed by atoms with Gasteiger partial charge in [0.15, 0.2) is 11.1 Å². The van der Waals surface area contributed by atoms with Gasteiger partial charge in [-0.1, -0.05) is 6.07 Å². The Morgan fingerprint density at radius 2 is 2.16 bits per heavy atom. The summed E-state index contributed by atoms with van der Waals surface area (Å²) in [7, 11) is 1.81. The van der Waals surface area contributed by atoms with Crippen LogP contribution in [0.3, 0.4) is 0 Å². The van der Waals surface area contributed by atoms with Gasteiger partial charge in [0.25, 0.3) is 0 Å². The Bertz CT molecular complexity index is 650. The molecule has 0 radical (unpaired) electrons. The molecule has 3 heterocycles. The van der Waals surface area contributed by atoms with Crippen molar-refractivity contribution in [3.05, 3.63) is 33.5 Å². The maximum absolute atomic E-state index is 4.76. The fourth-order valence-electron chi connectivity index (χ4n) is 2.78. The molecule has 2 N–H and O–H groups in total. The summed E-state index contributed by atoms with van der Waals surface area (Å²) in [4.78, 5) is 12.8. The van der Waals surface area contributed by atoms with Crippen LogP contribution in [0.4, 0.5) is 5.13 Å². The van der Waals surface area contributed by atoms with E-state index in [-0.39, 0.29) is 30.0 Å². The standard InChI is InChI=1S/C17H25N5S2.HI/c1-13(15-6-5-11-23-15)20-16(18-2)19-8-7-14-12-24-17(21-14)22-9-3-4-10-22;/h5-6,11-13H,3-4,7-10H2,1-2H3,(H2,18,19,20);1H. The van der Waals surface area contributed by atoms with Crippen molar-refractivity contribution >= 4 is 57.7 Å². The Hall–Kier alpha value is -0.870. The van der Waals surface area contributed by atoms with Gasteiger partial charge in [0, 0.05) is 43.4 Å². The van der Waals surface area contributed by atoms with Crippen molar-refractivity contribution in [2.45, 2.75) is 32.2 Å². The van der Waals surface area contributed by atoms with Gasteiger partial charge in [-0.05, 0) is 31.2 Å². The minimum Gasteiger partial charge on any atom is -0.356 e. The lowest BCUT2D eigenvalue weighted by molar-refractivity contribution is 0.694. The number of halogens is 1. The van der Waals surface area contributed by atoms with Crippen LogP contribution >= 0.6 is 46.7 Å². The molecule has 0 amide bonds. The lowest BCUT2D eigenvalue weighted by atomic mass is 10.3.